The van der Waals surface area contributed by atoms with Crippen LogP contribution in [-0.2, 0) is 0 Å². The number of rotatable bonds is 0. The Morgan fingerprint density at radius 2 is 2.20 bits per heavy atom. The molecule has 5 heteroatoms. The van der Waals surface area contributed by atoms with E-state index >= 15 is 0 Å². The Labute approximate surface area is 77.9 Å². The summed E-state index contributed by atoms with van der Waals surface area (Å²) >= 11 is 1.65. The molecule has 1 aliphatic heterocycles. The molecule has 1 heterocycles. The fourth-order valence-electron chi connectivity index (χ4n) is 0.653. The zero-order chi connectivity index (χ0) is 5.98. The first-order valence-electron chi connectivity index (χ1n) is 2.75. The lowest BCUT2D eigenvalue weighted by Gasteiger charge is -2.12. The predicted octanol–water partition coefficient (Wildman–Crippen LogP) is 1.67. The normalized spacial score (nSPS) is 23.7. The lowest BCUT2D eigenvalue weighted by atomic mass is 10.3. The van der Waals surface area contributed by atoms with Gasteiger partial charge in [-0.05, 0) is 13.3 Å². The summed E-state index contributed by atoms with van der Waals surface area (Å²) in [5, 5.41) is 0.753. The highest BCUT2D eigenvalue weighted by atomic mass is 35.5. The van der Waals surface area contributed by atoms with E-state index in [-0.39, 0.29) is 24.8 Å². The van der Waals surface area contributed by atoms with Gasteiger partial charge in [-0.2, -0.15) is 0 Å². The molecule has 0 saturated carbocycles. The molecular formula is C5H12Cl2N2S. The molecule has 0 spiro atoms. The highest BCUT2D eigenvalue weighted by Crippen LogP contribution is 2.13. The molecule has 0 aromatic rings. The average Bonchev–Trinajstić information content (AvgIpc) is 1.64. The van der Waals surface area contributed by atoms with Crippen molar-refractivity contribution >= 4 is 41.7 Å². The standard InChI is InChI=1S/C5H10N2S.2ClH/c1-4-2-3-8-5(6)7-4;;/h4H,2-3H2,1H3,(H2,6,7);2*1H. The molecule has 62 valence electrons. The van der Waals surface area contributed by atoms with E-state index < -0.39 is 0 Å². The molecule has 0 saturated heterocycles. The number of amidine groups is 1. The molecule has 1 rings (SSSR count). The van der Waals surface area contributed by atoms with Gasteiger partial charge in [-0.3, -0.25) is 4.99 Å². The van der Waals surface area contributed by atoms with Crippen molar-refractivity contribution < 1.29 is 0 Å². The quantitative estimate of drug-likeness (QED) is 0.650. The van der Waals surface area contributed by atoms with Crippen molar-refractivity contribution in [2.45, 2.75) is 19.4 Å². The summed E-state index contributed by atoms with van der Waals surface area (Å²) in [6, 6.07) is 0.455. The summed E-state index contributed by atoms with van der Waals surface area (Å²) in [6.45, 7) is 2.09. The van der Waals surface area contributed by atoms with E-state index in [0.717, 1.165) is 10.9 Å². The van der Waals surface area contributed by atoms with Gasteiger partial charge in [0, 0.05) is 5.75 Å². The van der Waals surface area contributed by atoms with Crippen LogP contribution in [-0.4, -0.2) is 17.0 Å². The van der Waals surface area contributed by atoms with Crippen LogP contribution in [0.1, 0.15) is 13.3 Å². The van der Waals surface area contributed by atoms with Gasteiger partial charge in [-0.1, -0.05) is 11.8 Å². The van der Waals surface area contributed by atoms with E-state index in [1.165, 1.54) is 6.42 Å². The van der Waals surface area contributed by atoms with Crippen LogP contribution >= 0.6 is 36.6 Å². The molecular weight excluding hydrogens is 191 g/mol. The lowest BCUT2D eigenvalue weighted by Crippen LogP contribution is -2.17. The van der Waals surface area contributed by atoms with Crippen LogP contribution in [0.4, 0.5) is 0 Å². The molecule has 0 aromatic carbocycles. The summed E-state index contributed by atoms with van der Waals surface area (Å²) < 4.78 is 0. The van der Waals surface area contributed by atoms with Crippen LogP contribution < -0.4 is 5.73 Å². The van der Waals surface area contributed by atoms with Gasteiger partial charge in [-0.25, -0.2) is 0 Å². The third kappa shape index (κ3) is 4.25. The zero-order valence-electron chi connectivity index (χ0n) is 5.74. The maximum Gasteiger partial charge on any atom is 0.154 e. The van der Waals surface area contributed by atoms with Gasteiger partial charge in [0.15, 0.2) is 5.17 Å². The first-order chi connectivity index (χ1) is 3.79. The van der Waals surface area contributed by atoms with Crippen molar-refractivity contribution in [1.29, 1.82) is 0 Å². The van der Waals surface area contributed by atoms with Crippen LogP contribution in [0, 0.1) is 0 Å². The molecule has 0 aliphatic carbocycles. The van der Waals surface area contributed by atoms with E-state index in [1.54, 1.807) is 11.8 Å². The van der Waals surface area contributed by atoms with Gasteiger partial charge in [-0.15, -0.1) is 24.8 Å². The van der Waals surface area contributed by atoms with E-state index in [4.69, 9.17) is 5.73 Å². The predicted molar refractivity (Wildman–Crippen MR) is 52.7 cm³/mol. The van der Waals surface area contributed by atoms with Crippen LogP contribution in [0.2, 0.25) is 0 Å². The Morgan fingerprint density at radius 3 is 2.50 bits per heavy atom. The molecule has 0 aromatic heterocycles. The van der Waals surface area contributed by atoms with Crippen LogP contribution in [0.15, 0.2) is 4.99 Å². The second-order valence-electron chi connectivity index (χ2n) is 1.95. The first kappa shape index (κ1) is 13.0. The van der Waals surface area contributed by atoms with Crippen molar-refractivity contribution in [2.24, 2.45) is 10.7 Å². The number of aliphatic imine (C=N–C) groups is 1. The third-order valence-corrected chi connectivity index (χ3v) is 1.97. The molecule has 0 radical (unpaired) electrons. The molecule has 0 amide bonds. The molecule has 2 nitrogen and oxygen atoms in total. The minimum atomic E-state index is 0. The van der Waals surface area contributed by atoms with Gasteiger partial charge < -0.3 is 5.73 Å². The second kappa shape index (κ2) is 6.13. The van der Waals surface area contributed by atoms with Crippen LogP contribution in [0.3, 0.4) is 0 Å². The summed E-state index contributed by atoms with van der Waals surface area (Å²) in [6.07, 6.45) is 1.17. The number of halogens is 2. The second-order valence-corrected chi connectivity index (χ2v) is 3.07. The highest BCUT2D eigenvalue weighted by molar-refractivity contribution is 8.13. The van der Waals surface area contributed by atoms with Crippen molar-refractivity contribution in [2.75, 3.05) is 5.75 Å². The minimum absolute atomic E-state index is 0. The van der Waals surface area contributed by atoms with Crippen molar-refractivity contribution in [1.82, 2.24) is 0 Å². The summed E-state index contributed by atoms with van der Waals surface area (Å²) in [4.78, 5) is 4.14. The Kier molecular flexibility index (Phi) is 7.99. The van der Waals surface area contributed by atoms with E-state index in [9.17, 15) is 0 Å². The molecule has 2 N–H and O–H groups in total. The average molecular weight is 203 g/mol. The number of nitrogens with zero attached hydrogens (tertiary/aromatic N) is 1. The van der Waals surface area contributed by atoms with Gasteiger partial charge in [0.2, 0.25) is 0 Å². The largest absolute Gasteiger partial charge is 0.379 e. The highest BCUT2D eigenvalue weighted by Gasteiger charge is 2.06. The monoisotopic (exact) mass is 202 g/mol. The van der Waals surface area contributed by atoms with Crippen LogP contribution in [0.5, 0.6) is 0 Å². The topological polar surface area (TPSA) is 38.4 Å². The van der Waals surface area contributed by atoms with Crippen molar-refractivity contribution in [3.63, 3.8) is 0 Å². The summed E-state index contributed by atoms with van der Waals surface area (Å²) in [7, 11) is 0. The van der Waals surface area contributed by atoms with Crippen LogP contribution in [0.25, 0.3) is 0 Å². The maximum absolute atomic E-state index is 5.44. The van der Waals surface area contributed by atoms with Gasteiger partial charge in [0.1, 0.15) is 0 Å². The Hall–Kier alpha value is 0.400. The van der Waals surface area contributed by atoms with Gasteiger partial charge in [0.05, 0.1) is 6.04 Å². The van der Waals surface area contributed by atoms with E-state index in [1.807, 2.05) is 0 Å². The Morgan fingerprint density at radius 1 is 1.60 bits per heavy atom. The first-order valence-corrected chi connectivity index (χ1v) is 3.73. The summed E-state index contributed by atoms with van der Waals surface area (Å²) in [5.41, 5.74) is 5.44. The van der Waals surface area contributed by atoms with Gasteiger partial charge >= 0.3 is 0 Å². The molecule has 0 fully saturated rings. The van der Waals surface area contributed by atoms with Crippen molar-refractivity contribution in [3.8, 4) is 0 Å². The molecule has 1 aliphatic rings. The molecule has 1 unspecified atom stereocenters. The fourth-order valence-corrected chi connectivity index (χ4v) is 1.58. The minimum Gasteiger partial charge on any atom is -0.379 e. The Bertz CT molecular complexity index is 118. The summed E-state index contributed by atoms with van der Waals surface area (Å²) in [5.74, 6) is 1.14. The molecule has 0 bridgehead atoms. The smallest absolute Gasteiger partial charge is 0.154 e. The third-order valence-electron chi connectivity index (χ3n) is 1.13. The molecule has 10 heavy (non-hydrogen) atoms. The van der Waals surface area contributed by atoms with E-state index in [0.29, 0.717) is 6.04 Å². The number of nitrogens with two attached hydrogens (primary N) is 1. The lowest BCUT2D eigenvalue weighted by molar-refractivity contribution is 0.719. The number of hydrogen-bond donors (Lipinski definition) is 1. The van der Waals surface area contributed by atoms with E-state index in [2.05, 4.69) is 11.9 Å². The van der Waals surface area contributed by atoms with Gasteiger partial charge in [0.25, 0.3) is 0 Å². The SMILES string of the molecule is CC1CCSC(N)=N1.Cl.Cl. The Balaban J connectivity index is 0. The molecule has 1 atom stereocenters. The number of thioether (sulfide) groups is 1. The van der Waals surface area contributed by atoms with Crippen molar-refractivity contribution in [3.05, 3.63) is 0 Å². The zero-order valence-corrected chi connectivity index (χ0v) is 8.19. The fraction of sp³-hybridized carbons (Fsp3) is 0.800. The maximum atomic E-state index is 5.44. The number of hydrogen-bond acceptors (Lipinski definition) is 3.